The third kappa shape index (κ3) is 4.13. The van der Waals surface area contributed by atoms with Crippen LogP contribution >= 0.6 is 12.4 Å². The Balaban J connectivity index is 0.00000162. The zero-order valence-corrected chi connectivity index (χ0v) is 11.8. The average Bonchev–Trinajstić information content (AvgIpc) is 2.72. The van der Waals surface area contributed by atoms with Crippen LogP contribution in [0.25, 0.3) is 6.08 Å². The molecular formula is C15H23ClN2. The van der Waals surface area contributed by atoms with E-state index in [0.717, 1.165) is 19.6 Å². The zero-order chi connectivity index (χ0) is 12.1. The van der Waals surface area contributed by atoms with Crippen molar-refractivity contribution in [1.29, 1.82) is 0 Å². The van der Waals surface area contributed by atoms with Gasteiger partial charge in [-0.15, -0.1) is 12.4 Å². The molecule has 0 saturated carbocycles. The molecule has 100 valence electrons. The maximum atomic E-state index is 5.73. The summed E-state index contributed by atoms with van der Waals surface area (Å²) in [6.45, 7) is 5.30. The van der Waals surface area contributed by atoms with E-state index in [1.165, 1.54) is 12.0 Å². The number of rotatable bonds is 4. The van der Waals surface area contributed by atoms with Crippen molar-refractivity contribution in [3.63, 3.8) is 0 Å². The molecular weight excluding hydrogens is 244 g/mol. The highest BCUT2D eigenvalue weighted by Crippen LogP contribution is 2.21. The molecule has 1 heterocycles. The van der Waals surface area contributed by atoms with Crippen molar-refractivity contribution in [2.24, 2.45) is 11.7 Å². The first kappa shape index (κ1) is 15.2. The largest absolute Gasteiger partial charge is 0.330 e. The highest BCUT2D eigenvalue weighted by molar-refractivity contribution is 5.85. The number of halogens is 1. The third-order valence-electron chi connectivity index (χ3n) is 3.57. The van der Waals surface area contributed by atoms with Crippen LogP contribution in [0.1, 0.15) is 18.9 Å². The van der Waals surface area contributed by atoms with Crippen molar-refractivity contribution in [3.8, 4) is 0 Å². The number of nitrogens with zero attached hydrogens (tertiary/aromatic N) is 1. The Morgan fingerprint density at radius 1 is 1.33 bits per heavy atom. The first-order valence-electron chi connectivity index (χ1n) is 6.45. The van der Waals surface area contributed by atoms with Gasteiger partial charge in [0.25, 0.3) is 0 Å². The number of hydrogen-bond donors (Lipinski definition) is 1. The smallest absolute Gasteiger partial charge is 0.0169 e. The Labute approximate surface area is 116 Å². The van der Waals surface area contributed by atoms with Crippen LogP contribution in [0.5, 0.6) is 0 Å². The molecule has 0 spiro atoms. The van der Waals surface area contributed by atoms with Gasteiger partial charge in [0.1, 0.15) is 0 Å². The quantitative estimate of drug-likeness (QED) is 0.908. The monoisotopic (exact) mass is 266 g/mol. The summed E-state index contributed by atoms with van der Waals surface area (Å²) in [6, 6.07) is 11.1. The summed E-state index contributed by atoms with van der Waals surface area (Å²) >= 11 is 0. The van der Waals surface area contributed by atoms with Crippen LogP contribution < -0.4 is 5.73 Å². The van der Waals surface area contributed by atoms with E-state index in [0.29, 0.717) is 12.0 Å². The maximum absolute atomic E-state index is 5.73. The third-order valence-corrected chi connectivity index (χ3v) is 3.57. The lowest BCUT2D eigenvalue weighted by Gasteiger charge is -2.18. The molecule has 0 aliphatic carbocycles. The van der Waals surface area contributed by atoms with Crippen LogP contribution in [0, 0.1) is 5.92 Å². The molecule has 1 aliphatic heterocycles. The molecule has 0 aromatic heterocycles. The zero-order valence-electron chi connectivity index (χ0n) is 11.0. The standard InChI is InChI=1S/C15H22N2.ClH/c1-13-10-15(11-16)12-17(13)9-5-8-14-6-3-2-4-7-14;/h2-8,13,15H,9-12,16H2,1H3;1H/b8-5+;. The van der Waals surface area contributed by atoms with Gasteiger partial charge in [0, 0.05) is 19.1 Å². The molecule has 1 aromatic rings. The molecule has 0 radical (unpaired) electrons. The second kappa shape index (κ2) is 7.57. The van der Waals surface area contributed by atoms with Crippen LogP contribution in [-0.2, 0) is 0 Å². The fraction of sp³-hybridized carbons (Fsp3) is 0.467. The fourth-order valence-electron chi connectivity index (χ4n) is 2.53. The predicted octanol–water partition coefficient (Wildman–Crippen LogP) is 2.79. The van der Waals surface area contributed by atoms with E-state index in [1.54, 1.807) is 0 Å². The Kier molecular flexibility index (Phi) is 6.41. The van der Waals surface area contributed by atoms with Crippen molar-refractivity contribution in [2.45, 2.75) is 19.4 Å². The molecule has 2 unspecified atom stereocenters. The summed E-state index contributed by atoms with van der Waals surface area (Å²) in [5, 5.41) is 0. The van der Waals surface area contributed by atoms with Gasteiger partial charge in [-0.3, -0.25) is 4.90 Å². The number of likely N-dealkylation sites (tertiary alicyclic amines) is 1. The molecule has 2 nitrogen and oxygen atoms in total. The molecule has 2 N–H and O–H groups in total. The Morgan fingerprint density at radius 3 is 2.67 bits per heavy atom. The summed E-state index contributed by atoms with van der Waals surface area (Å²) in [7, 11) is 0. The lowest BCUT2D eigenvalue weighted by molar-refractivity contribution is 0.294. The van der Waals surface area contributed by atoms with E-state index < -0.39 is 0 Å². The summed E-state index contributed by atoms with van der Waals surface area (Å²) in [5.41, 5.74) is 7.01. The fourth-order valence-corrected chi connectivity index (χ4v) is 2.53. The first-order valence-corrected chi connectivity index (χ1v) is 6.45. The molecule has 18 heavy (non-hydrogen) atoms. The molecule has 1 aliphatic rings. The normalized spacial score (nSPS) is 24.3. The van der Waals surface area contributed by atoms with Crippen molar-refractivity contribution < 1.29 is 0 Å². The van der Waals surface area contributed by atoms with Gasteiger partial charge < -0.3 is 5.73 Å². The summed E-state index contributed by atoms with van der Waals surface area (Å²) in [6.07, 6.45) is 5.70. The SMILES string of the molecule is CC1CC(CN)CN1C/C=C/c1ccccc1.Cl. The van der Waals surface area contributed by atoms with Crippen molar-refractivity contribution >= 4 is 18.5 Å². The number of nitrogens with two attached hydrogens (primary N) is 1. The van der Waals surface area contributed by atoms with Gasteiger partial charge in [-0.25, -0.2) is 0 Å². The molecule has 1 aromatic carbocycles. The van der Waals surface area contributed by atoms with Gasteiger partial charge in [0.15, 0.2) is 0 Å². The lowest BCUT2D eigenvalue weighted by Crippen LogP contribution is -2.27. The summed E-state index contributed by atoms with van der Waals surface area (Å²) in [4.78, 5) is 2.51. The molecule has 0 amide bonds. The van der Waals surface area contributed by atoms with Gasteiger partial charge in [-0.1, -0.05) is 42.5 Å². The van der Waals surface area contributed by atoms with E-state index in [2.05, 4.69) is 48.2 Å². The molecule has 1 fully saturated rings. The van der Waals surface area contributed by atoms with E-state index >= 15 is 0 Å². The van der Waals surface area contributed by atoms with Crippen LogP contribution in [-0.4, -0.2) is 30.6 Å². The lowest BCUT2D eigenvalue weighted by atomic mass is 10.1. The maximum Gasteiger partial charge on any atom is 0.0169 e. The van der Waals surface area contributed by atoms with E-state index in [9.17, 15) is 0 Å². The number of benzene rings is 1. The summed E-state index contributed by atoms with van der Waals surface area (Å²) in [5.74, 6) is 0.690. The van der Waals surface area contributed by atoms with E-state index in [4.69, 9.17) is 5.73 Å². The first-order chi connectivity index (χ1) is 8.29. The minimum absolute atomic E-state index is 0. The van der Waals surface area contributed by atoms with Crippen molar-refractivity contribution in [1.82, 2.24) is 4.90 Å². The molecule has 0 bridgehead atoms. The minimum Gasteiger partial charge on any atom is -0.330 e. The van der Waals surface area contributed by atoms with Gasteiger partial charge in [0.2, 0.25) is 0 Å². The molecule has 3 heteroatoms. The van der Waals surface area contributed by atoms with Crippen LogP contribution in [0.2, 0.25) is 0 Å². The van der Waals surface area contributed by atoms with Gasteiger partial charge in [-0.05, 0) is 31.4 Å². The Bertz CT molecular complexity index is 364. The second-order valence-corrected chi connectivity index (χ2v) is 4.95. The van der Waals surface area contributed by atoms with Crippen molar-refractivity contribution in [2.75, 3.05) is 19.6 Å². The van der Waals surface area contributed by atoms with E-state index in [-0.39, 0.29) is 12.4 Å². The van der Waals surface area contributed by atoms with Gasteiger partial charge in [-0.2, -0.15) is 0 Å². The van der Waals surface area contributed by atoms with Crippen molar-refractivity contribution in [3.05, 3.63) is 42.0 Å². The van der Waals surface area contributed by atoms with Crippen LogP contribution in [0.3, 0.4) is 0 Å². The molecule has 2 atom stereocenters. The van der Waals surface area contributed by atoms with E-state index in [1.807, 2.05) is 6.07 Å². The predicted molar refractivity (Wildman–Crippen MR) is 80.9 cm³/mol. The highest BCUT2D eigenvalue weighted by atomic mass is 35.5. The minimum atomic E-state index is 0. The van der Waals surface area contributed by atoms with Crippen LogP contribution in [0.15, 0.2) is 36.4 Å². The second-order valence-electron chi connectivity index (χ2n) is 4.95. The highest BCUT2D eigenvalue weighted by Gasteiger charge is 2.26. The number of hydrogen-bond acceptors (Lipinski definition) is 2. The Morgan fingerprint density at radius 2 is 2.06 bits per heavy atom. The molecule has 1 saturated heterocycles. The van der Waals surface area contributed by atoms with Gasteiger partial charge >= 0.3 is 0 Å². The average molecular weight is 267 g/mol. The van der Waals surface area contributed by atoms with Crippen LogP contribution in [0.4, 0.5) is 0 Å². The topological polar surface area (TPSA) is 29.3 Å². The van der Waals surface area contributed by atoms with Gasteiger partial charge in [0.05, 0.1) is 0 Å². The molecule has 2 rings (SSSR count). The Hall–Kier alpha value is -0.830. The summed E-state index contributed by atoms with van der Waals surface area (Å²) < 4.78 is 0.